The Kier molecular flexibility index (Phi) is 5.59. The normalized spacial score (nSPS) is 22.5. The van der Waals surface area contributed by atoms with E-state index < -0.39 is 10.0 Å². The maximum absolute atomic E-state index is 13.9. The van der Waals surface area contributed by atoms with Crippen LogP contribution in [0.15, 0.2) is 47.4 Å². The van der Waals surface area contributed by atoms with E-state index in [0.29, 0.717) is 12.0 Å². The second-order valence-electron chi connectivity index (χ2n) is 7.27. The molecule has 0 radical (unpaired) electrons. The van der Waals surface area contributed by atoms with Crippen molar-refractivity contribution in [3.05, 3.63) is 63.9 Å². The molecule has 1 saturated carbocycles. The van der Waals surface area contributed by atoms with E-state index in [9.17, 15) is 17.6 Å². The molecular weight excluding hydrogens is 438 g/mol. The summed E-state index contributed by atoms with van der Waals surface area (Å²) in [6.45, 7) is 0.926. The lowest BCUT2D eigenvalue weighted by atomic mass is 10.1. The summed E-state index contributed by atoms with van der Waals surface area (Å²) in [5.41, 5.74) is 0.572. The summed E-state index contributed by atoms with van der Waals surface area (Å²) in [5.74, 6) is -0.675. The minimum Gasteiger partial charge on any atom is -0.340 e. The van der Waals surface area contributed by atoms with Crippen LogP contribution in [-0.4, -0.2) is 49.7 Å². The van der Waals surface area contributed by atoms with Crippen molar-refractivity contribution in [2.24, 2.45) is 5.92 Å². The minimum atomic E-state index is -3.80. The number of piperazine rings is 1. The van der Waals surface area contributed by atoms with Gasteiger partial charge >= 0.3 is 0 Å². The Morgan fingerprint density at radius 3 is 2.41 bits per heavy atom. The van der Waals surface area contributed by atoms with Gasteiger partial charge in [-0.2, -0.15) is 4.31 Å². The van der Waals surface area contributed by atoms with E-state index in [2.05, 4.69) is 0 Å². The number of nitrogens with zero attached hydrogens (tertiary/aromatic N) is 2. The Labute approximate surface area is 179 Å². The predicted molar refractivity (Wildman–Crippen MR) is 109 cm³/mol. The van der Waals surface area contributed by atoms with E-state index in [1.807, 2.05) is 0 Å². The molecule has 1 amide bonds. The van der Waals surface area contributed by atoms with Gasteiger partial charge in [0.1, 0.15) is 10.7 Å². The largest absolute Gasteiger partial charge is 0.340 e. The van der Waals surface area contributed by atoms with Gasteiger partial charge in [-0.25, -0.2) is 12.8 Å². The Balaban J connectivity index is 1.40. The molecule has 2 aliphatic rings. The average molecular weight is 457 g/mol. The molecule has 2 aromatic carbocycles. The molecule has 1 saturated heterocycles. The Morgan fingerprint density at radius 2 is 1.72 bits per heavy atom. The first-order valence-corrected chi connectivity index (χ1v) is 11.5. The van der Waals surface area contributed by atoms with E-state index in [0.717, 1.165) is 0 Å². The summed E-state index contributed by atoms with van der Waals surface area (Å²) in [4.78, 5) is 14.4. The zero-order chi connectivity index (χ0) is 20.8. The summed E-state index contributed by atoms with van der Waals surface area (Å²) >= 11 is 12.0. The second kappa shape index (κ2) is 7.87. The van der Waals surface area contributed by atoms with Crippen LogP contribution >= 0.6 is 23.2 Å². The molecule has 29 heavy (non-hydrogen) atoms. The van der Waals surface area contributed by atoms with Gasteiger partial charge in [0, 0.05) is 37.1 Å². The van der Waals surface area contributed by atoms with Gasteiger partial charge in [0.25, 0.3) is 0 Å². The van der Waals surface area contributed by atoms with Crippen molar-refractivity contribution in [2.75, 3.05) is 26.2 Å². The first kappa shape index (κ1) is 20.6. The van der Waals surface area contributed by atoms with Gasteiger partial charge in [0.15, 0.2) is 0 Å². The lowest BCUT2D eigenvalue weighted by Gasteiger charge is -2.34. The molecule has 0 spiro atoms. The quantitative estimate of drug-likeness (QED) is 0.703. The Bertz CT molecular complexity index is 1060. The summed E-state index contributed by atoms with van der Waals surface area (Å²) in [7, 11) is -3.80. The Hall–Kier alpha value is -1.67. The van der Waals surface area contributed by atoms with Crippen LogP contribution in [0.3, 0.4) is 0 Å². The van der Waals surface area contributed by atoms with E-state index in [1.54, 1.807) is 23.1 Å². The van der Waals surface area contributed by atoms with Gasteiger partial charge in [-0.1, -0.05) is 41.4 Å². The highest BCUT2D eigenvalue weighted by molar-refractivity contribution is 7.89. The highest BCUT2D eigenvalue weighted by atomic mass is 35.5. The number of amides is 1. The zero-order valence-electron chi connectivity index (χ0n) is 15.4. The lowest BCUT2D eigenvalue weighted by molar-refractivity contribution is -0.133. The van der Waals surface area contributed by atoms with Gasteiger partial charge in [0.2, 0.25) is 15.9 Å². The number of hydrogen-bond acceptors (Lipinski definition) is 3. The SMILES string of the molecule is O=C(C1CC1c1ccccc1F)N1CCN(S(=O)(=O)c2cc(Cl)ccc2Cl)CC1. The highest BCUT2D eigenvalue weighted by Crippen LogP contribution is 2.49. The van der Waals surface area contributed by atoms with Crippen molar-refractivity contribution in [3.8, 4) is 0 Å². The molecule has 0 aromatic heterocycles. The lowest BCUT2D eigenvalue weighted by Crippen LogP contribution is -2.51. The minimum absolute atomic E-state index is 0.0340. The van der Waals surface area contributed by atoms with Gasteiger partial charge in [-0.15, -0.1) is 0 Å². The summed E-state index contributed by atoms with van der Waals surface area (Å²) in [6.07, 6.45) is 0.621. The van der Waals surface area contributed by atoms with Crippen molar-refractivity contribution in [3.63, 3.8) is 0 Å². The Morgan fingerprint density at radius 1 is 1.03 bits per heavy atom. The van der Waals surface area contributed by atoms with Crippen LogP contribution in [0.4, 0.5) is 4.39 Å². The van der Waals surface area contributed by atoms with E-state index in [-0.39, 0.29) is 64.7 Å². The van der Waals surface area contributed by atoms with Crippen molar-refractivity contribution >= 4 is 39.1 Å². The molecule has 2 aromatic rings. The monoisotopic (exact) mass is 456 g/mol. The average Bonchev–Trinajstić information content (AvgIpc) is 3.50. The van der Waals surface area contributed by atoms with Gasteiger partial charge in [0.05, 0.1) is 5.02 Å². The third-order valence-corrected chi connectivity index (χ3v) is 8.09. The molecule has 0 bridgehead atoms. The van der Waals surface area contributed by atoms with E-state index >= 15 is 0 Å². The summed E-state index contributed by atoms with van der Waals surface area (Å²) < 4.78 is 41.1. The summed E-state index contributed by atoms with van der Waals surface area (Å²) in [6, 6.07) is 10.8. The molecule has 2 unspecified atom stereocenters. The van der Waals surface area contributed by atoms with Gasteiger partial charge in [-0.05, 0) is 42.2 Å². The highest BCUT2D eigenvalue weighted by Gasteiger charge is 2.47. The standard InChI is InChI=1S/C20H19Cl2FN2O3S/c21-13-5-6-17(22)19(11-13)29(27,28)25-9-7-24(8-10-25)20(26)16-12-15(16)14-3-1-2-4-18(14)23/h1-6,11,15-16H,7-10,12H2. The molecule has 1 heterocycles. The molecule has 0 N–H and O–H groups in total. The molecule has 2 atom stereocenters. The fraction of sp³-hybridized carbons (Fsp3) is 0.350. The maximum Gasteiger partial charge on any atom is 0.244 e. The molecule has 154 valence electrons. The first-order valence-electron chi connectivity index (χ1n) is 9.27. The van der Waals surface area contributed by atoms with E-state index in [1.165, 1.54) is 28.6 Å². The van der Waals surface area contributed by atoms with Crippen LogP contribution in [0.1, 0.15) is 17.9 Å². The number of carbonyl (C=O) groups is 1. The predicted octanol–water partition coefficient (Wildman–Crippen LogP) is 3.77. The van der Waals surface area contributed by atoms with Crippen LogP contribution in [0.25, 0.3) is 0 Å². The molecule has 4 rings (SSSR count). The number of benzene rings is 2. The fourth-order valence-electron chi connectivity index (χ4n) is 3.78. The molecule has 5 nitrogen and oxygen atoms in total. The third-order valence-electron chi connectivity index (χ3n) is 5.47. The van der Waals surface area contributed by atoms with Crippen LogP contribution in [0.2, 0.25) is 10.0 Å². The van der Waals surface area contributed by atoms with Crippen molar-refractivity contribution in [1.29, 1.82) is 0 Å². The van der Waals surface area contributed by atoms with Crippen molar-refractivity contribution in [2.45, 2.75) is 17.2 Å². The summed E-state index contributed by atoms with van der Waals surface area (Å²) in [5, 5.41) is 0.397. The van der Waals surface area contributed by atoms with Gasteiger partial charge in [-0.3, -0.25) is 4.79 Å². The van der Waals surface area contributed by atoms with Crippen molar-refractivity contribution in [1.82, 2.24) is 9.21 Å². The fourth-order valence-corrected chi connectivity index (χ4v) is 5.94. The molecular formula is C20H19Cl2FN2O3S. The maximum atomic E-state index is 13.9. The molecule has 9 heteroatoms. The number of carbonyl (C=O) groups excluding carboxylic acids is 1. The zero-order valence-corrected chi connectivity index (χ0v) is 17.7. The molecule has 1 aliphatic heterocycles. The number of halogens is 3. The second-order valence-corrected chi connectivity index (χ2v) is 10.0. The van der Waals surface area contributed by atoms with Crippen LogP contribution < -0.4 is 0 Å². The first-order chi connectivity index (χ1) is 13.8. The number of sulfonamides is 1. The third kappa shape index (κ3) is 4.01. The molecule has 1 aliphatic carbocycles. The van der Waals surface area contributed by atoms with Crippen molar-refractivity contribution < 1.29 is 17.6 Å². The van der Waals surface area contributed by atoms with Crippen LogP contribution in [-0.2, 0) is 14.8 Å². The smallest absolute Gasteiger partial charge is 0.244 e. The number of rotatable bonds is 4. The van der Waals surface area contributed by atoms with E-state index in [4.69, 9.17) is 23.2 Å². The molecule has 2 fully saturated rings. The van der Waals surface area contributed by atoms with Gasteiger partial charge < -0.3 is 4.90 Å². The number of hydrogen-bond donors (Lipinski definition) is 0. The van der Waals surface area contributed by atoms with Crippen LogP contribution in [0, 0.1) is 11.7 Å². The topological polar surface area (TPSA) is 57.7 Å². The van der Waals surface area contributed by atoms with Crippen LogP contribution in [0.5, 0.6) is 0 Å².